The summed E-state index contributed by atoms with van der Waals surface area (Å²) in [5.41, 5.74) is 1.62. The van der Waals surface area contributed by atoms with Crippen LogP contribution in [0.1, 0.15) is 25.1 Å². The van der Waals surface area contributed by atoms with E-state index in [0.717, 1.165) is 24.3 Å². The SMILES string of the molecule is CSCCCCCn1c(CCl)nc2cc(F)c(Br)cc21. The summed E-state index contributed by atoms with van der Waals surface area (Å²) in [4.78, 5) is 4.41. The number of aryl methyl sites for hydroxylation is 1. The molecule has 0 aliphatic carbocycles. The van der Waals surface area contributed by atoms with Crippen LogP contribution in [0.25, 0.3) is 11.0 Å². The van der Waals surface area contributed by atoms with Crippen molar-refractivity contribution in [2.24, 2.45) is 0 Å². The van der Waals surface area contributed by atoms with E-state index < -0.39 is 0 Å². The van der Waals surface area contributed by atoms with Crippen LogP contribution in [0.3, 0.4) is 0 Å². The van der Waals surface area contributed by atoms with Crippen molar-refractivity contribution in [2.75, 3.05) is 12.0 Å². The first-order valence-corrected chi connectivity index (χ1v) is 9.28. The molecule has 1 heterocycles. The maximum atomic E-state index is 13.6. The molecule has 0 radical (unpaired) electrons. The van der Waals surface area contributed by atoms with E-state index in [1.54, 1.807) is 6.07 Å². The highest BCUT2D eigenvalue weighted by molar-refractivity contribution is 9.10. The van der Waals surface area contributed by atoms with Gasteiger partial charge in [-0.15, -0.1) is 11.6 Å². The lowest BCUT2D eigenvalue weighted by Gasteiger charge is -2.08. The molecule has 2 aromatic rings. The average molecular weight is 380 g/mol. The van der Waals surface area contributed by atoms with E-state index >= 15 is 0 Å². The van der Waals surface area contributed by atoms with Gasteiger partial charge in [0, 0.05) is 12.6 Å². The molecule has 2 nitrogen and oxygen atoms in total. The van der Waals surface area contributed by atoms with Gasteiger partial charge in [0.2, 0.25) is 0 Å². The Balaban J connectivity index is 2.19. The van der Waals surface area contributed by atoms with Gasteiger partial charge in [-0.05, 0) is 46.8 Å². The fourth-order valence-corrected chi connectivity index (χ4v) is 3.24. The van der Waals surface area contributed by atoms with Crippen LogP contribution in [0.4, 0.5) is 4.39 Å². The van der Waals surface area contributed by atoms with Crippen LogP contribution in [0, 0.1) is 5.82 Å². The Morgan fingerprint density at radius 2 is 2.15 bits per heavy atom. The summed E-state index contributed by atoms with van der Waals surface area (Å²) >= 11 is 11.1. The molecule has 110 valence electrons. The predicted molar refractivity (Wildman–Crippen MR) is 89.2 cm³/mol. The largest absolute Gasteiger partial charge is 0.327 e. The van der Waals surface area contributed by atoms with Gasteiger partial charge in [0.25, 0.3) is 0 Å². The highest BCUT2D eigenvalue weighted by Gasteiger charge is 2.12. The molecule has 1 aromatic heterocycles. The molecule has 0 spiro atoms. The van der Waals surface area contributed by atoms with Gasteiger partial charge in [0.1, 0.15) is 11.6 Å². The molecule has 0 aliphatic heterocycles. The van der Waals surface area contributed by atoms with Crippen LogP contribution >= 0.6 is 39.3 Å². The van der Waals surface area contributed by atoms with Crippen molar-refractivity contribution in [3.63, 3.8) is 0 Å². The minimum atomic E-state index is -0.289. The van der Waals surface area contributed by atoms with E-state index in [0.29, 0.717) is 15.9 Å². The number of fused-ring (bicyclic) bond motifs is 1. The Morgan fingerprint density at radius 1 is 1.35 bits per heavy atom. The second-order valence-corrected chi connectivity index (χ2v) is 6.73. The number of aromatic nitrogens is 2. The number of benzene rings is 1. The summed E-state index contributed by atoms with van der Waals surface area (Å²) < 4.78 is 16.1. The normalized spacial score (nSPS) is 11.4. The summed E-state index contributed by atoms with van der Waals surface area (Å²) in [5, 5.41) is 0. The third-order valence-corrected chi connectivity index (χ3v) is 4.76. The Hall–Kier alpha value is -0.260. The predicted octanol–water partition coefficient (Wildman–Crippen LogP) is 5.21. The van der Waals surface area contributed by atoms with E-state index in [4.69, 9.17) is 11.6 Å². The van der Waals surface area contributed by atoms with Crippen molar-refractivity contribution in [2.45, 2.75) is 31.7 Å². The summed E-state index contributed by atoms with van der Waals surface area (Å²) in [6.45, 7) is 0.880. The fraction of sp³-hybridized carbons (Fsp3) is 0.500. The van der Waals surface area contributed by atoms with Crippen molar-refractivity contribution in [1.82, 2.24) is 9.55 Å². The van der Waals surface area contributed by atoms with Gasteiger partial charge in [-0.25, -0.2) is 9.37 Å². The number of nitrogens with zero attached hydrogens (tertiary/aromatic N) is 2. The topological polar surface area (TPSA) is 17.8 Å². The number of hydrogen-bond donors (Lipinski definition) is 0. The molecule has 20 heavy (non-hydrogen) atoms. The van der Waals surface area contributed by atoms with Crippen LogP contribution in [0.2, 0.25) is 0 Å². The molecule has 0 fully saturated rings. The molecule has 0 unspecified atom stereocenters. The summed E-state index contributed by atoms with van der Waals surface area (Å²) in [5.74, 6) is 2.06. The Labute approximate surface area is 136 Å². The molecule has 0 saturated carbocycles. The second-order valence-electron chi connectivity index (χ2n) is 4.62. The Kier molecular flexibility index (Phi) is 6.18. The van der Waals surface area contributed by atoms with Crippen LogP contribution in [0.15, 0.2) is 16.6 Å². The molecule has 0 aliphatic rings. The number of halogens is 3. The summed E-state index contributed by atoms with van der Waals surface area (Å²) in [7, 11) is 0. The number of thioether (sulfide) groups is 1. The number of hydrogen-bond acceptors (Lipinski definition) is 2. The van der Waals surface area contributed by atoms with Crippen molar-refractivity contribution in [1.29, 1.82) is 0 Å². The van der Waals surface area contributed by atoms with Crippen LogP contribution in [-0.4, -0.2) is 21.6 Å². The zero-order chi connectivity index (χ0) is 14.5. The van der Waals surface area contributed by atoms with Gasteiger partial charge in [-0.3, -0.25) is 0 Å². The van der Waals surface area contributed by atoms with Gasteiger partial charge >= 0.3 is 0 Å². The van der Waals surface area contributed by atoms with E-state index in [1.165, 1.54) is 24.7 Å². The first-order valence-electron chi connectivity index (χ1n) is 6.56. The Bertz CT molecular complexity index is 588. The van der Waals surface area contributed by atoms with Gasteiger partial charge in [-0.2, -0.15) is 11.8 Å². The van der Waals surface area contributed by atoms with Gasteiger partial charge in [0.15, 0.2) is 0 Å². The maximum absolute atomic E-state index is 13.6. The molecule has 0 atom stereocenters. The highest BCUT2D eigenvalue weighted by atomic mass is 79.9. The molecule has 0 bridgehead atoms. The molecular weight excluding hydrogens is 363 g/mol. The van der Waals surface area contributed by atoms with Crippen LogP contribution in [-0.2, 0) is 12.4 Å². The third kappa shape index (κ3) is 3.68. The van der Waals surface area contributed by atoms with Crippen LogP contribution in [0.5, 0.6) is 0 Å². The lowest BCUT2D eigenvalue weighted by Crippen LogP contribution is -2.02. The van der Waals surface area contributed by atoms with Crippen molar-refractivity contribution in [3.8, 4) is 0 Å². The zero-order valence-electron chi connectivity index (χ0n) is 11.3. The fourth-order valence-electron chi connectivity index (χ4n) is 2.21. The molecule has 0 N–H and O–H groups in total. The number of unbranched alkanes of at least 4 members (excludes halogenated alkanes) is 2. The first-order chi connectivity index (χ1) is 9.67. The lowest BCUT2D eigenvalue weighted by molar-refractivity contribution is 0.601. The molecular formula is C14H17BrClFN2S. The average Bonchev–Trinajstić information content (AvgIpc) is 2.76. The minimum Gasteiger partial charge on any atom is -0.327 e. The number of imidazole rings is 1. The molecule has 6 heteroatoms. The smallest absolute Gasteiger partial charge is 0.139 e. The number of rotatable bonds is 7. The maximum Gasteiger partial charge on any atom is 0.139 e. The van der Waals surface area contributed by atoms with Crippen LogP contribution < -0.4 is 0 Å². The molecule has 2 rings (SSSR count). The quantitative estimate of drug-likeness (QED) is 0.485. The van der Waals surface area contributed by atoms with E-state index in [1.807, 2.05) is 11.8 Å². The van der Waals surface area contributed by atoms with E-state index in [9.17, 15) is 4.39 Å². The highest BCUT2D eigenvalue weighted by Crippen LogP contribution is 2.25. The minimum absolute atomic E-state index is 0.289. The Morgan fingerprint density at radius 3 is 2.85 bits per heavy atom. The van der Waals surface area contributed by atoms with Gasteiger partial charge in [0.05, 0.1) is 21.4 Å². The standard InChI is InChI=1S/C14H17BrClFN2S/c1-20-6-4-2-3-5-19-13-7-10(15)11(17)8-12(13)18-14(19)9-16/h7-8H,2-6,9H2,1H3. The van der Waals surface area contributed by atoms with Crippen molar-refractivity contribution in [3.05, 3.63) is 28.2 Å². The van der Waals surface area contributed by atoms with E-state index in [2.05, 4.69) is 31.7 Å². The van der Waals surface area contributed by atoms with Crippen molar-refractivity contribution < 1.29 is 4.39 Å². The number of alkyl halides is 1. The second kappa shape index (κ2) is 7.66. The zero-order valence-corrected chi connectivity index (χ0v) is 14.5. The summed E-state index contributed by atoms with van der Waals surface area (Å²) in [6.07, 6.45) is 5.62. The van der Waals surface area contributed by atoms with Gasteiger partial charge in [-0.1, -0.05) is 6.42 Å². The summed E-state index contributed by atoms with van der Waals surface area (Å²) in [6, 6.07) is 3.25. The van der Waals surface area contributed by atoms with Gasteiger partial charge < -0.3 is 4.57 Å². The van der Waals surface area contributed by atoms with Crippen molar-refractivity contribution >= 4 is 50.3 Å². The monoisotopic (exact) mass is 378 g/mol. The lowest BCUT2D eigenvalue weighted by atomic mass is 10.2. The first kappa shape index (κ1) is 16.1. The van der Waals surface area contributed by atoms with E-state index in [-0.39, 0.29) is 5.82 Å². The molecule has 1 aromatic carbocycles. The molecule has 0 saturated heterocycles. The molecule has 0 amide bonds. The third-order valence-electron chi connectivity index (χ3n) is 3.22.